The van der Waals surface area contributed by atoms with Crippen molar-refractivity contribution in [1.82, 2.24) is 14.7 Å². The average Bonchev–Trinajstić information content (AvgIpc) is 2.24. The fraction of sp³-hybridized carbons (Fsp3) is 1.00. The first-order valence-electron chi connectivity index (χ1n) is 8.62. The molecular weight excluding hydrogens is 258 g/mol. The van der Waals surface area contributed by atoms with Crippen LogP contribution in [0.2, 0.25) is 0 Å². The Morgan fingerprint density at radius 1 is 0.762 bits per heavy atom. The van der Waals surface area contributed by atoms with Gasteiger partial charge >= 0.3 is 0 Å². The van der Waals surface area contributed by atoms with E-state index in [2.05, 4.69) is 70.6 Å². The molecule has 0 fully saturated rings. The minimum absolute atomic E-state index is 0.443. The maximum absolute atomic E-state index is 2.68. The highest BCUT2D eigenvalue weighted by Gasteiger charge is 2.17. The second-order valence-corrected chi connectivity index (χ2v) is 8.48. The van der Waals surface area contributed by atoms with Crippen LogP contribution in [0.1, 0.15) is 47.0 Å². The zero-order valence-corrected chi connectivity index (χ0v) is 16.1. The van der Waals surface area contributed by atoms with E-state index in [1.54, 1.807) is 0 Å². The summed E-state index contributed by atoms with van der Waals surface area (Å²) in [6, 6.07) is 0. The predicted molar refractivity (Wildman–Crippen MR) is 96.0 cm³/mol. The van der Waals surface area contributed by atoms with Gasteiger partial charge in [0.25, 0.3) is 0 Å². The third-order valence-corrected chi connectivity index (χ3v) is 3.69. The molecule has 0 spiro atoms. The Morgan fingerprint density at radius 3 is 1.52 bits per heavy atom. The fourth-order valence-electron chi connectivity index (χ4n) is 3.07. The van der Waals surface area contributed by atoms with Gasteiger partial charge in [0, 0.05) is 6.54 Å². The molecule has 1 unspecified atom stereocenters. The third-order valence-electron chi connectivity index (χ3n) is 3.69. The molecule has 0 bridgehead atoms. The summed E-state index contributed by atoms with van der Waals surface area (Å²) in [4.78, 5) is 7.26. The van der Waals surface area contributed by atoms with Gasteiger partial charge in [-0.05, 0) is 85.0 Å². The summed E-state index contributed by atoms with van der Waals surface area (Å²) in [7, 11) is 8.66. The van der Waals surface area contributed by atoms with Crippen LogP contribution in [0, 0.1) is 11.3 Å². The standard InChI is InChI=1S/C18H41N3/c1-17(15-18(2,3)4)16-21(13-9-11-19(5)6)14-10-12-20(7)8/h17H,9-16H2,1-8H3. The van der Waals surface area contributed by atoms with Crippen LogP contribution in [-0.2, 0) is 0 Å². The highest BCUT2D eigenvalue weighted by atomic mass is 15.1. The number of hydrogen-bond acceptors (Lipinski definition) is 3. The predicted octanol–water partition coefficient (Wildman–Crippen LogP) is 3.26. The minimum atomic E-state index is 0.443. The van der Waals surface area contributed by atoms with Crippen LogP contribution in [0.3, 0.4) is 0 Å². The van der Waals surface area contributed by atoms with E-state index >= 15 is 0 Å². The van der Waals surface area contributed by atoms with Gasteiger partial charge in [0.05, 0.1) is 0 Å². The second-order valence-electron chi connectivity index (χ2n) is 8.48. The molecule has 21 heavy (non-hydrogen) atoms. The van der Waals surface area contributed by atoms with Crippen LogP contribution in [0.25, 0.3) is 0 Å². The summed E-state index contributed by atoms with van der Waals surface area (Å²) in [6.45, 7) is 15.6. The first-order valence-corrected chi connectivity index (χ1v) is 8.62. The third kappa shape index (κ3) is 14.6. The molecule has 0 aliphatic carbocycles. The van der Waals surface area contributed by atoms with Gasteiger partial charge in [-0.25, -0.2) is 0 Å². The topological polar surface area (TPSA) is 9.72 Å². The van der Waals surface area contributed by atoms with Crippen LogP contribution in [0.4, 0.5) is 0 Å². The monoisotopic (exact) mass is 299 g/mol. The lowest BCUT2D eigenvalue weighted by Gasteiger charge is -2.30. The lowest BCUT2D eigenvalue weighted by molar-refractivity contribution is 0.187. The van der Waals surface area contributed by atoms with Crippen molar-refractivity contribution in [2.24, 2.45) is 11.3 Å². The van der Waals surface area contributed by atoms with Gasteiger partial charge in [0.15, 0.2) is 0 Å². The summed E-state index contributed by atoms with van der Waals surface area (Å²) in [6.07, 6.45) is 3.86. The van der Waals surface area contributed by atoms with E-state index in [4.69, 9.17) is 0 Å². The van der Waals surface area contributed by atoms with Crippen molar-refractivity contribution in [3.63, 3.8) is 0 Å². The Labute approximate surface area is 134 Å². The molecule has 0 radical (unpaired) electrons. The van der Waals surface area contributed by atoms with E-state index in [9.17, 15) is 0 Å². The van der Waals surface area contributed by atoms with Gasteiger partial charge in [-0.1, -0.05) is 27.7 Å². The molecule has 0 amide bonds. The Balaban J connectivity index is 4.21. The highest BCUT2D eigenvalue weighted by molar-refractivity contribution is 4.70. The van der Waals surface area contributed by atoms with E-state index in [-0.39, 0.29) is 0 Å². The first-order chi connectivity index (χ1) is 9.60. The molecule has 3 nitrogen and oxygen atoms in total. The summed E-state index contributed by atoms with van der Waals surface area (Å²) in [5.74, 6) is 0.781. The Kier molecular flexibility index (Phi) is 10.5. The van der Waals surface area contributed by atoms with Crippen molar-refractivity contribution < 1.29 is 0 Å². The summed E-state index contributed by atoms with van der Waals surface area (Å²) >= 11 is 0. The molecule has 0 aromatic rings. The summed E-state index contributed by atoms with van der Waals surface area (Å²) in [5.41, 5.74) is 0.443. The molecule has 0 aromatic heterocycles. The van der Waals surface area contributed by atoms with Gasteiger partial charge in [-0.15, -0.1) is 0 Å². The van der Waals surface area contributed by atoms with Crippen molar-refractivity contribution in [3.8, 4) is 0 Å². The minimum Gasteiger partial charge on any atom is -0.309 e. The van der Waals surface area contributed by atoms with Crippen LogP contribution < -0.4 is 0 Å². The van der Waals surface area contributed by atoms with Gasteiger partial charge in [0.2, 0.25) is 0 Å². The zero-order valence-electron chi connectivity index (χ0n) is 16.1. The summed E-state index contributed by atoms with van der Waals surface area (Å²) in [5, 5.41) is 0. The number of rotatable bonds is 11. The maximum Gasteiger partial charge on any atom is 0.000724 e. The molecule has 3 heteroatoms. The van der Waals surface area contributed by atoms with E-state index in [1.807, 2.05) is 0 Å². The van der Waals surface area contributed by atoms with Gasteiger partial charge in [-0.2, -0.15) is 0 Å². The molecule has 0 saturated heterocycles. The molecule has 0 aromatic carbocycles. The molecular formula is C18H41N3. The Hall–Kier alpha value is -0.120. The molecule has 0 saturated carbocycles. The Morgan fingerprint density at radius 2 is 1.19 bits per heavy atom. The SMILES string of the molecule is CC(CN(CCCN(C)C)CCCN(C)C)CC(C)(C)C. The molecule has 0 N–H and O–H groups in total. The maximum atomic E-state index is 2.68. The van der Waals surface area contributed by atoms with Gasteiger partial charge in [0.1, 0.15) is 0 Å². The van der Waals surface area contributed by atoms with Crippen LogP contribution in [0.5, 0.6) is 0 Å². The quantitative estimate of drug-likeness (QED) is 0.580. The smallest absolute Gasteiger partial charge is 0.000724 e. The molecule has 1 atom stereocenters. The van der Waals surface area contributed by atoms with Crippen molar-refractivity contribution >= 4 is 0 Å². The lowest BCUT2D eigenvalue weighted by atomic mass is 9.85. The van der Waals surface area contributed by atoms with Crippen molar-refractivity contribution in [1.29, 1.82) is 0 Å². The lowest BCUT2D eigenvalue weighted by Crippen LogP contribution is -2.34. The first kappa shape index (κ1) is 20.9. The molecule has 0 aliphatic rings. The summed E-state index contributed by atoms with van der Waals surface area (Å²) < 4.78 is 0. The second kappa shape index (κ2) is 10.6. The van der Waals surface area contributed by atoms with Crippen molar-refractivity contribution in [2.45, 2.75) is 47.0 Å². The fourth-order valence-corrected chi connectivity index (χ4v) is 3.07. The van der Waals surface area contributed by atoms with E-state index in [1.165, 1.54) is 52.0 Å². The zero-order chi connectivity index (χ0) is 16.5. The van der Waals surface area contributed by atoms with E-state index in [0.717, 1.165) is 5.92 Å². The van der Waals surface area contributed by atoms with Crippen molar-refractivity contribution in [3.05, 3.63) is 0 Å². The van der Waals surface area contributed by atoms with Crippen LogP contribution in [0.15, 0.2) is 0 Å². The average molecular weight is 300 g/mol. The van der Waals surface area contributed by atoms with Crippen molar-refractivity contribution in [2.75, 3.05) is 60.9 Å². The van der Waals surface area contributed by atoms with Gasteiger partial charge in [-0.3, -0.25) is 0 Å². The molecule has 0 aliphatic heterocycles. The van der Waals surface area contributed by atoms with Crippen LogP contribution in [-0.4, -0.2) is 75.6 Å². The van der Waals surface area contributed by atoms with Gasteiger partial charge < -0.3 is 14.7 Å². The molecule has 128 valence electrons. The largest absolute Gasteiger partial charge is 0.309 e. The number of nitrogens with zero attached hydrogens (tertiary/aromatic N) is 3. The van der Waals surface area contributed by atoms with Crippen LogP contribution >= 0.6 is 0 Å². The highest BCUT2D eigenvalue weighted by Crippen LogP contribution is 2.24. The molecule has 0 heterocycles. The Bertz CT molecular complexity index is 229. The van der Waals surface area contributed by atoms with E-state index in [0.29, 0.717) is 5.41 Å². The van der Waals surface area contributed by atoms with E-state index < -0.39 is 0 Å². The normalized spacial score (nSPS) is 14.4. The molecule has 0 rings (SSSR count). The number of hydrogen-bond donors (Lipinski definition) is 0.